The Morgan fingerprint density at radius 3 is 2.38 bits per heavy atom. The Kier molecular flexibility index (Phi) is 6.02. The number of ether oxygens (including phenoxy) is 2. The van der Waals surface area contributed by atoms with Gasteiger partial charge < -0.3 is 14.5 Å². The van der Waals surface area contributed by atoms with Gasteiger partial charge in [-0.25, -0.2) is 14.6 Å². The van der Waals surface area contributed by atoms with E-state index in [1.807, 2.05) is 27.7 Å². The summed E-state index contributed by atoms with van der Waals surface area (Å²) in [4.78, 5) is 33.1. The van der Waals surface area contributed by atoms with E-state index in [2.05, 4.69) is 9.97 Å². The van der Waals surface area contributed by atoms with Gasteiger partial charge in [-0.2, -0.15) is 0 Å². The number of esters is 1. The number of nitrogens with zero attached hydrogens (tertiary/aromatic N) is 2. The molecule has 0 saturated carbocycles. The van der Waals surface area contributed by atoms with Crippen LogP contribution < -0.4 is 0 Å². The molecule has 0 radical (unpaired) electrons. The van der Waals surface area contributed by atoms with Gasteiger partial charge in [-0.3, -0.25) is 4.90 Å². The highest BCUT2D eigenvalue weighted by atomic mass is 16.6. The van der Waals surface area contributed by atoms with Gasteiger partial charge in [0.1, 0.15) is 11.4 Å². The fourth-order valence-corrected chi connectivity index (χ4v) is 2.39. The van der Waals surface area contributed by atoms with E-state index in [-0.39, 0.29) is 6.04 Å². The Balaban J connectivity index is 2.23. The summed E-state index contributed by atoms with van der Waals surface area (Å²) in [5.74, 6) is 0.270. The van der Waals surface area contributed by atoms with Gasteiger partial charge in [0.2, 0.25) is 0 Å². The smallest absolute Gasteiger partial charge is 0.411 e. The van der Waals surface area contributed by atoms with Crippen molar-refractivity contribution in [3.8, 4) is 0 Å². The molecular formula is C19H25N3O4. The van der Waals surface area contributed by atoms with Crippen molar-refractivity contribution >= 4 is 12.1 Å². The third-order valence-electron chi connectivity index (χ3n) is 3.74. The topological polar surface area (TPSA) is 84.5 Å². The first-order chi connectivity index (χ1) is 12.2. The normalized spacial score (nSPS) is 12.3. The average Bonchev–Trinajstić information content (AvgIpc) is 3.12. The van der Waals surface area contributed by atoms with Crippen LogP contribution in [0.15, 0.2) is 36.7 Å². The van der Waals surface area contributed by atoms with E-state index in [1.54, 1.807) is 41.6 Å². The van der Waals surface area contributed by atoms with E-state index >= 15 is 0 Å². The van der Waals surface area contributed by atoms with E-state index in [4.69, 9.17) is 9.47 Å². The first-order valence-electron chi connectivity index (χ1n) is 8.37. The number of carbonyl (C=O) groups is 2. The predicted molar refractivity (Wildman–Crippen MR) is 96.6 cm³/mol. The molecule has 2 rings (SSSR count). The molecule has 0 aliphatic heterocycles. The number of rotatable bonds is 5. The number of benzene rings is 1. The SMILES string of the molecule is COC(=O)c1ccc(CN(C(=O)OC(C)(C)C)C(C)c2ncc[nH]2)cc1. The van der Waals surface area contributed by atoms with Gasteiger partial charge in [0.05, 0.1) is 18.7 Å². The minimum Gasteiger partial charge on any atom is -0.465 e. The highest BCUT2D eigenvalue weighted by Crippen LogP contribution is 2.23. The molecule has 1 aromatic heterocycles. The average molecular weight is 359 g/mol. The third-order valence-corrected chi connectivity index (χ3v) is 3.74. The second-order valence-electron chi connectivity index (χ2n) is 6.95. The molecule has 1 heterocycles. The predicted octanol–water partition coefficient (Wildman–Crippen LogP) is 3.69. The number of imidazole rings is 1. The second kappa shape index (κ2) is 8.03. The third kappa shape index (κ3) is 5.08. The number of methoxy groups -OCH3 is 1. The van der Waals surface area contributed by atoms with Crippen LogP contribution in [0.2, 0.25) is 0 Å². The summed E-state index contributed by atoms with van der Waals surface area (Å²) in [6.07, 6.45) is 2.92. The van der Waals surface area contributed by atoms with Crippen LogP contribution in [0.5, 0.6) is 0 Å². The molecule has 1 unspecified atom stereocenters. The monoisotopic (exact) mass is 359 g/mol. The first-order valence-corrected chi connectivity index (χ1v) is 8.37. The lowest BCUT2D eigenvalue weighted by Gasteiger charge is -2.31. The molecule has 1 aromatic carbocycles. The molecule has 1 amide bonds. The molecule has 0 saturated heterocycles. The number of hydrogen-bond acceptors (Lipinski definition) is 5. The van der Waals surface area contributed by atoms with Crippen LogP contribution in [0.3, 0.4) is 0 Å². The summed E-state index contributed by atoms with van der Waals surface area (Å²) in [6, 6.07) is 6.62. The maximum atomic E-state index is 12.7. The Labute approximate surface area is 153 Å². The summed E-state index contributed by atoms with van der Waals surface area (Å²) < 4.78 is 10.2. The summed E-state index contributed by atoms with van der Waals surface area (Å²) in [5, 5.41) is 0. The van der Waals surface area contributed by atoms with Gasteiger partial charge in [0, 0.05) is 18.9 Å². The molecule has 7 heteroatoms. The molecule has 0 spiro atoms. The minimum absolute atomic E-state index is 0.305. The minimum atomic E-state index is -0.604. The fraction of sp³-hybridized carbons (Fsp3) is 0.421. The maximum absolute atomic E-state index is 12.7. The maximum Gasteiger partial charge on any atom is 0.411 e. The van der Waals surface area contributed by atoms with Gasteiger partial charge in [0.15, 0.2) is 0 Å². The Hall–Kier alpha value is -2.83. The van der Waals surface area contributed by atoms with E-state index in [0.717, 1.165) is 5.56 Å². The van der Waals surface area contributed by atoms with Crippen LogP contribution in [0, 0.1) is 0 Å². The zero-order valence-corrected chi connectivity index (χ0v) is 15.8. The lowest BCUT2D eigenvalue weighted by Crippen LogP contribution is -2.38. The quantitative estimate of drug-likeness (QED) is 0.823. The molecule has 1 atom stereocenters. The summed E-state index contributed by atoms with van der Waals surface area (Å²) in [5.41, 5.74) is 0.716. The molecule has 1 N–H and O–H groups in total. The number of nitrogens with one attached hydrogen (secondary N) is 1. The van der Waals surface area contributed by atoms with Crippen LogP contribution in [-0.2, 0) is 16.0 Å². The standard InChI is InChI=1S/C19H25N3O4/c1-13(16-20-10-11-21-16)22(18(24)26-19(2,3)4)12-14-6-8-15(9-7-14)17(23)25-5/h6-11,13H,12H2,1-5H3,(H,20,21). The Morgan fingerprint density at radius 1 is 1.23 bits per heavy atom. The molecular weight excluding hydrogens is 334 g/mol. The van der Waals surface area contributed by atoms with Crippen molar-refractivity contribution in [3.05, 3.63) is 53.6 Å². The van der Waals surface area contributed by atoms with E-state index in [0.29, 0.717) is 17.9 Å². The Morgan fingerprint density at radius 2 is 1.88 bits per heavy atom. The van der Waals surface area contributed by atoms with Crippen molar-refractivity contribution in [1.29, 1.82) is 0 Å². The molecule has 26 heavy (non-hydrogen) atoms. The molecule has 0 fully saturated rings. The molecule has 0 bridgehead atoms. The van der Waals surface area contributed by atoms with E-state index in [1.165, 1.54) is 7.11 Å². The second-order valence-corrected chi connectivity index (χ2v) is 6.95. The molecule has 2 aromatic rings. The number of H-pyrrole nitrogens is 1. The lowest BCUT2D eigenvalue weighted by molar-refractivity contribution is 0.0145. The van der Waals surface area contributed by atoms with Gasteiger partial charge in [-0.15, -0.1) is 0 Å². The van der Waals surface area contributed by atoms with Gasteiger partial charge in [0.25, 0.3) is 0 Å². The van der Waals surface area contributed by atoms with Crippen LogP contribution >= 0.6 is 0 Å². The van der Waals surface area contributed by atoms with Crippen molar-refractivity contribution in [2.75, 3.05) is 7.11 Å². The first kappa shape index (κ1) is 19.5. The van der Waals surface area contributed by atoms with Crippen molar-refractivity contribution in [2.24, 2.45) is 0 Å². The largest absolute Gasteiger partial charge is 0.465 e. The van der Waals surface area contributed by atoms with Crippen LogP contribution in [0.4, 0.5) is 4.79 Å². The highest BCUT2D eigenvalue weighted by Gasteiger charge is 2.28. The van der Waals surface area contributed by atoms with E-state index < -0.39 is 17.7 Å². The Bertz CT molecular complexity index is 733. The molecule has 7 nitrogen and oxygen atoms in total. The zero-order chi connectivity index (χ0) is 19.3. The number of hydrogen-bond donors (Lipinski definition) is 1. The molecule has 0 aliphatic carbocycles. The van der Waals surface area contributed by atoms with Crippen LogP contribution in [0.25, 0.3) is 0 Å². The van der Waals surface area contributed by atoms with Crippen molar-refractivity contribution in [1.82, 2.24) is 14.9 Å². The highest BCUT2D eigenvalue weighted by molar-refractivity contribution is 5.89. The van der Waals surface area contributed by atoms with Gasteiger partial charge in [-0.05, 0) is 45.4 Å². The van der Waals surface area contributed by atoms with Gasteiger partial charge in [-0.1, -0.05) is 12.1 Å². The van der Waals surface area contributed by atoms with Crippen molar-refractivity contribution < 1.29 is 19.1 Å². The van der Waals surface area contributed by atoms with Crippen LogP contribution in [-0.4, -0.2) is 39.6 Å². The summed E-state index contributed by atoms with van der Waals surface area (Å²) >= 11 is 0. The van der Waals surface area contributed by atoms with Gasteiger partial charge >= 0.3 is 12.1 Å². The molecule has 140 valence electrons. The summed E-state index contributed by atoms with van der Waals surface area (Å²) in [6.45, 7) is 7.67. The summed E-state index contributed by atoms with van der Waals surface area (Å²) in [7, 11) is 1.34. The van der Waals surface area contributed by atoms with E-state index in [9.17, 15) is 9.59 Å². The number of amides is 1. The number of aromatic nitrogens is 2. The van der Waals surface area contributed by atoms with Crippen molar-refractivity contribution in [3.63, 3.8) is 0 Å². The number of aromatic amines is 1. The molecule has 0 aliphatic rings. The van der Waals surface area contributed by atoms with Crippen molar-refractivity contribution in [2.45, 2.75) is 45.9 Å². The number of carbonyl (C=O) groups excluding carboxylic acids is 2. The van der Waals surface area contributed by atoms with Crippen LogP contribution in [0.1, 0.15) is 55.5 Å². The fourth-order valence-electron chi connectivity index (χ4n) is 2.39. The zero-order valence-electron chi connectivity index (χ0n) is 15.8. The lowest BCUT2D eigenvalue weighted by atomic mass is 10.1.